The number of ether oxygens (including phenoxy) is 1. The Morgan fingerprint density at radius 2 is 2.00 bits per heavy atom. The highest BCUT2D eigenvalue weighted by Gasteiger charge is 1.99. The fourth-order valence-electron chi connectivity index (χ4n) is 1.41. The van der Waals surface area contributed by atoms with Gasteiger partial charge in [-0.1, -0.05) is 12.1 Å². The van der Waals surface area contributed by atoms with Crippen LogP contribution in [0.1, 0.15) is 15.9 Å². The maximum absolute atomic E-state index is 10.5. The zero-order valence-electron chi connectivity index (χ0n) is 9.54. The van der Waals surface area contributed by atoms with Crippen molar-refractivity contribution < 1.29 is 9.53 Å². The second kappa shape index (κ2) is 5.60. The minimum absolute atomic E-state index is 0.382. The Kier molecular flexibility index (Phi) is 3.67. The van der Waals surface area contributed by atoms with Crippen molar-refractivity contribution in [2.75, 3.05) is 0 Å². The monoisotopic (exact) mass is 238 g/mol. The molecule has 0 aliphatic rings. The molecule has 0 unspecified atom stereocenters. The number of nitriles is 1. The van der Waals surface area contributed by atoms with Crippen LogP contribution in [0.2, 0.25) is 0 Å². The van der Waals surface area contributed by atoms with Crippen molar-refractivity contribution in [1.29, 1.82) is 5.26 Å². The summed E-state index contributed by atoms with van der Waals surface area (Å²) in [7, 11) is 0. The van der Waals surface area contributed by atoms with Gasteiger partial charge in [0.1, 0.15) is 5.75 Å². The smallest absolute Gasteiger partial charge is 0.219 e. The molecule has 0 aliphatic carbocycles. The summed E-state index contributed by atoms with van der Waals surface area (Å²) >= 11 is 0. The average Bonchev–Trinajstić information content (AvgIpc) is 2.42. The van der Waals surface area contributed by atoms with Crippen LogP contribution in [0, 0.1) is 11.3 Å². The lowest BCUT2D eigenvalue weighted by atomic mass is 10.2. The molecule has 88 valence electrons. The van der Waals surface area contributed by atoms with Crippen molar-refractivity contribution in [1.82, 2.24) is 4.98 Å². The van der Waals surface area contributed by atoms with Gasteiger partial charge in [-0.15, -0.1) is 0 Å². The van der Waals surface area contributed by atoms with Crippen LogP contribution in [0.5, 0.6) is 11.6 Å². The zero-order chi connectivity index (χ0) is 12.8. The van der Waals surface area contributed by atoms with Crippen LogP contribution >= 0.6 is 0 Å². The van der Waals surface area contributed by atoms with Crippen molar-refractivity contribution in [3.05, 3.63) is 53.7 Å². The van der Waals surface area contributed by atoms with E-state index in [1.165, 1.54) is 6.20 Å². The van der Waals surface area contributed by atoms with Crippen molar-refractivity contribution in [2.45, 2.75) is 6.42 Å². The molecular formula is C14H10N2O2. The fraction of sp³-hybridized carbons (Fsp3) is 0.0714. The summed E-state index contributed by atoms with van der Waals surface area (Å²) in [6, 6.07) is 12.6. The molecule has 0 spiro atoms. The molecule has 1 heterocycles. The minimum Gasteiger partial charge on any atom is -0.439 e. The number of carbonyl (C=O) groups is 1. The van der Waals surface area contributed by atoms with E-state index in [-0.39, 0.29) is 0 Å². The van der Waals surface area contributed by atoms with Crippen molar-refractivity contribution in [2.24, 2.45) is 0 Å². The van der Waals surface area contributed by atoms with Gasteiger partial charge in [-0.25, -0.2) is 4.98 Å². The molecule has 1 aromatic carbocycles. The van der Waals surface area contributed by atoms with E-state index in [2.05, 4.69) is 11.1 Å². The van der Waals surface area contributed by atoms with Gasteiger partial charge in [-0.2, -0.15) is 5.26 Å². The number of benzene rings is 1. The van der Waals surface area contributed by atoms with E-state index in [4.69, 9.17) is 10.00 Å². The van der Waals surface area contributed by atoms with Crippen LogP contribution in [0.25, 0.3) is 0 Å². The van der Waals surface area contributed by atoms with E-state index in [1.807, 2.05) is 12.1 Å². The summed E-state index contributed by atoms with van der Waals surface area (Å²) in [4.78, 5) is 14.5. The molecule has 0 aliphatic heterocycles. The Bertz CT molecular complexity index is 568. The number of carbonyl (C=O) groups excluding carboxylic acids is 1. The number of aldehydes is 1. The summed E-state index contributed by atoms with van der Waals surface area (Å²) in [6.45, 7) is 0. The molecule has 2 aromatic rings. The van der Waals surface area contributed by atoms with Crippen LogP contribution in [-0.4, -0.2) is 11.3 Å². The molecule has 4 heteroatoms. The van der Waals surface area contributed by atoms with Gasteiger partial charge in [-0.3, -0.25) is 4.79 Å². The number of hydrogen-bond acceptors (Lipinski definition) is 4. The first kappa shape index (κ1) is 11.8. The molecule has 0 atom stereocenters. The Morgan fingerprint density at radius 3 is 2.56 bits per heavy atom. The molecule has 0 bridgehead atoms. The summed E-state index contributed by atoms with van der Waals surface area (Å²) in [5.41, 5.74) is 1.45. The van der Waals surface area contributed by atoms with E-state index < -0.39 is 0 Å². The van der Waals surface area contributed by atoms with E-state index in [0.717, 1.165) is 11.8 Å². The van der Waals surface area contributed by atoms with Crippen molar-refractivity contribution in [3.63, 3.8) is 0 Å². The highest BCUT2D eigenvalue weighted by molar-refractivity contribution is 5.74. The number of nitrogens with zero attached hydrogens (tertiary/aromatic N) is 2. The van der Waals surface area contributed by atoms with E-state index in [1.54, 1.807) is 24.3 Å². The fourth-order valence-corrected chi connectivity index (χ4v) is 1.41. The second-order valence-electron chi connectivity index (χ2n) is 3.63. The van der Waals surface area contributed by atoms with E-state index in [9.17, 15) is 4.79 Å². The van der Waals surface area contributed by atoms with E-state index in [0.29, 0.717) is 23.6 Å². The second-order valence-corrected chi connectivity index (χ2v) is 3.63. The van der Waals surface area contributed by atoms with Gasteiger partial charge in [0.2, 0.25) is 5.88 Å². The van der Waals surface area contributed by atoms with Crippen molar-refractivity contribution in [3.8, 4) is 17.7 Å². The summed E-state index contributed by atoms with van der Waals surface area (Å²) in [5, 5.41) is 8.55. The Balaban J connectivity index is 2.08. The molecule has 0 saturated heterocycles. The molecule has 0 fully saturated rings. The zero-order valence-corrected chi connectivity index (χ0v) is 9.54. The molecule has 0 radical (unpaired) electrons. The molecule has 1 aromatic heterocycles. The van der Waals surface area contributed by atoms with Crippen LogP contribution < -0.4 is 4.74 Å². The number of hydrogen-bond donors (Lipinski definition) is 0. The molecule has 18 heavy (non-hydrogen) atoms. The summed E-state index contributed by atoms with van der Waals surface area (Å²) in [6.07, 6.45) is 2.56. The topological polar surface area (TPSA) is 63.0 Å². The first-order valence-electron chi connectivity index (χ1n) is 5.37. The Morgan fingerprint density at radius 1 is 1.22 bits per heavy atom. The third-order valence-electron chi connectivity index (χ3n) is 2.32. The Labute approximate surface area is 104 Å². The maximum Gasteiger partial charge on any atom is 0.219 e. The highest BCUT2D eigenvalue weighted by Crippen LogP contribution is 2.19. The molecule has 2 rings (SSSR count). The predicted octanol–water partition coefficient (Wildman–Crippen LogP) is 2.75. The van der Waals surface area contributed by atoms with E-state index >= 15 is 0 Å². The van der Waals surface area contributed by atoms with Gasteiger partial charge in [0.25, 0.3) is 0 Å². The lowest BCUT2D eigenvalue weighted by Gasteiger charge is -2.04. The number of rotatable bonds is 4. The van der Waals surface area contributed by atoms with Crippen LogP contribution in [-0.2, 0) is 6.42 Å². The number of aromatic nitrogens is 1. The van der Waals surface area contributed by atoms with Gasteiger partial charge in [0, 0.05) is 17.8 Å². The van der Waals surface area contributed by atoms with Gasteiger partial charge < -0.3 is 4.74 Å². The third-order valence-corrected chi connectivity index (χ3v) is 2.32. The van der Waals surface area contributed by atoms with Crippen LogP contribution in [0.3, 0.4) is 0 Å². The van der Waals surface area contributed by atoms with Crippen LogP contribution in [0.4, 0.5) is 0 Å². The quantitative estimate of drug-likeness (QED) is 0.768. The molecule has 4 nitrogen and oxygen atoms in total. The summed E-state index contributed by atoms with van der Waals surface area (Å²) in [5.74, 6) is 1.07. The lowest BCUT2D eigenvalue weighted by molar-refractivity contribution is 0.112. The molecule has 0 amide bonds. The summed E-state index contributed by atoms with van der Waals surface area (Å²) < 4.78 is 5.50. The SMILES string of the molecule is N#CCc1ccc(Oc2ccc(C=O)cn2)cc1. The predicted molar refractivity (Wildman–Crippen MR) is 65.5 cm³/mol. The van der Waals surface area contributed by atoms with Gasteiger partial charge in [0.15, 0.2) is 6.29 Å². The molecular weight excluding hydrogens is 228 g/mol. The first-order chi connectivity index (χ1) is 8.81. The minimum atomic E-state index is 0.382. The molecule has 0 N–H and O–H groups in total. The number of pyridine rings is 1. The van der Waals surface area contributed by atoms with Gasteiger partial charge in [0.05, 0.1) is 12.5 Å². The van der Waals surface area contributed by atoms with Crippen molar-refractivity contribution >= 4 is 6.29 Å². The Hall–Kier alpha value is -2.67. The normalized spacial score (nSPS) is 9.50. The maximum atomic E-state index is 10.5. The third kappa shape index (κ3) is 2.92. The standard InChI is InChI=1S/C14H10N2O2/c15-8-7-11-1-4-13(5-2-11)18-14-6-3-12(10-17)9-16-14/h1-6,9-10H,7H2. The van der Waals surface area contributed by atoms with Gasteiger partial charge >= 0.3 is 0 Å². The first-order valence-corrected chi connectivity index (χ1v) is 5.37. The largest absolute Gasteiger partial charge is 0.439 e. The average molecular weight is 238 g/mol. The lowest BCUT2D eigenvalue weighted by Crippen LogP contribution is -1.89. The van der Waals surface area contributed by atoms with Gasteiger partial charge in [-0.05, 0) is 23.8 Å². The highest BCUT2D eigenvalue weighted by atomic mass is 16.5. The molecule has 0 saturated carbocycles. The van der Waals surface area contributed by atoms with Crippen LogP contribution in [0.15, 0.2) is 42.6 Å².